The number of halogens is 2. The van der Waals surface area contributed by atoms with Crippen LogP contribution in [-0.4, -0.2) is 146 Å². The Bertz CT molecular complexity index is 2900. The number of amides is 9. The zero-order valence-corrected chi connectivity index (χ0v) is 49.6. The van der Waals surface area contributed by atoms with Crippen LogP contribution >= 0.6 is 11.8 Å². The fourth-order valence-corrected chi connectivity index (χ4v) is 9.39. The van der Waals surface area contributed by atoms with Crippen LogP contribution in [0.1, 0.15) is 119 Å². The molecule has 25 heteroatoms. The summed E-state index contributed by atoms with van der Waals surface area (Å²) in [6.07, 6.45) is 2.42. The van der Waals surface area contributed by atoms with Crippen LogP contribution < -0.4 is 32.3 Å². The van der Waals surface area contributed by atoms with E-state index in [0.717, 1.165) is 47.7 Å². The number of nitrogens with one attached hydrogen (secondary N) is 5. The maximum Gasteiger partial charge on any atom is 0.329 e. The highest BCUT2D eigenvalue weighted by atomic mass is 32.2. The summed E-state index contributed by atoms with van der Waals surface area (Å²) in [6, 6.07) is 7.88. The molecule has 1 aliphatic heterocycles. The largest absolute Gasteiger partial charge is 0.460 e. The molecule has 0 saturated heterocycles. The van der Waals surface area contributed by atoms with Gasteiger partial charge in [-0.1, -0.05) is 51.1 Å². The summed E-state index contributed by atoms with van der Waals surface area (Å²) in [7, 11) is 0. The minimum Gasteiger partial charge on any atom is -0.460 e. The van der Waals surface area contributed by atoms with Crippen molar-refractivity contribution in [3.63, 3.8) is 0 Å². The zero-order chi connectivity index (χ0) is 62.1. The van der Waals surface area contributed by atoms with Crippen LogP contribution in [0.3, 0.4) is 0 Å². The quantitative estimate of drug-likeness (QED) is 0.0342. The smallest absolute Gasteiger partial charge is 0.329 e. The Hall–Kier alpha value is -7.96. The molecule has 452 valence electrons. The minimum atomic E-state index is -1.53. The van der Waals surface area contributed by atoms with Gasteiger partial charge in [0.1, 0.15) is 53.5 Å². The number of benzene rings is 2. The van der Waals surface area contributed by atoms with Crippen molar-refractivity contribution in [2.24, 2.45) is 11.1 Å². The topological polar surface area (TPSA) is 304 Å². The number of rotatable bonds is 28. The van der Waals surface area contributed by atoms with Gasteiger partial charge < -0.3 is 51.3 Å². The molecule has 1 aliphatic rings. The number of hydrogen-bond acceptors (Lipinski definition) is 14. The van der Waals surface area contributed by atoms with E-state index in [2.05, 4.69) is 26.6 Å². The van der Waals surface area contributed by atoms with Gasteiger partial charge in [0.15, 0.2) is 0 Å². The normalized spacial score (nSPS) is 14.3. The van der Waals surface area contributed by atoms with E-state index in [4.69, 9.17) is 15.2 Å². The number of nitrogens with two attached hydrogens (primary N) is 1. The van der Waals surface area contributed by atoms with E-state index in [0.29, 0.717) is 16.2 Å². The Morgan fingerprint density at radius 1 is 0.723 bits per heavy atom. The van der Waals surface area contributed by atoms with Crippen molar-refractivity contribution in [1.29, 1.82) is 0 Å². The summed E-state index contributed by atoms with van der Waals surface area (Å²) in [5.41, 5.74) is 4.62. The summed E-state index contributed by atoms with van der Waals surface area (Å²) in [5.74, 6) is -9.82. The van der Waals surface area contributed by atoms with Gasteiger partial charge in [0.25, 0.3) is 11.8 Å². The standard InChI is InChI=1S/C58H77F2N9O13S/c1-34(63-46(72)32-69-47(73)20-21-48(69)74)52(77)64-35(2)53(78)66-41(28-44(61)70)54(79)62-23-15-24-68(49(75)33-83-25-22-45(71)65-42(55(80)82-58(9,10)11)29-50(76)81-57(6,7)8)51(56(3,4)5)43-26-37(39-27-38(59)18-19-40(39)60)31-67(43)30-36-16-13-12-14-17-36/h12-14,16-21,26-27,31,34-35,41-42,51H,15,22-25,28-30,32-33H2,1-11H3,(H2,61,70)(H,62,79)(H,63,72)(H,64,77)(H,65,71)(H,66,78). The molecule has 2 heterocycles. The molecule has 3 aromatic rings. The molecular formula is C58H77F2N9O13S. The van der Waals surface area contributed by atoms with Gasteiger partial charge in [-0.15, -0.1) is 0 Å². The zero-order valence-electron chi connectivity index (χ0n) is 48.8. The molecule has 1 aromatic heterocycles. The Kier molecular flexibility index (Phi) is 24.3. The van der Waals surface area contributed by atoms with E-state index in [9.17, 15) is 57.1 Å². The van der Waals surface area contributed by atoms with Crippen LogP contribution in [0.5, 0.6) is 0 Å². The number of carbonyl (C=O) groups is 11. The molecule has 0 spiro atoms. The Morgan fingerprint density at radius 2 is 1.34 bits per heavy atom. The second kappa shape index (κ2) is 29.8. The summed E-state index contributed by atoms with van der Waals surface area (Å²) in [4.78, 5) is 145. The number of ether oxygens (including phenoxy) is 2. The summed E-state index contributed by atoms with van der Waals surface area (Å²) in [6.45, 7) is 17.6. The highest BCUT2D eigenvalue weighted by Gasteiger charge is 2.38. The second-order valence-corrected chi connectivity index (χ2v) is 24.1. The van der Waals surface area contributed by atoms with Crippen molar-refractivity contribution in [2.75, 3.05) is 31.1 Å². The summed E-state index contributed by atoms with van der Waals surface area (Å²) in [5, 5.41) is 12.4. The molecule has 0 aliphatic carbocycles. The van der Waals surface area contributed by atoms with Gasteiger partial charge in [0, 0.05) is 67.0 Å². The fourth-order valence-electron chi connectivity index (χ4n) is 8.58. The van der Waals surface area contributed by atoms with Gasteiger partial charge in [0.05, 0.1) is 24.6 Å². The van der Waals surface area contributed by atoms with Gasteiger partial charge in [0.2, 0.25) is 41.4 Å². The average molecular weight is 1180 g/mol. The lowest BCUT2D eigenvalue weighted by Crippen LogP contribution is -2.56. The molecule has 0 fully saturated rings. The molecular weight excluding hydrogens is 1100 g/mol. The first-order chi connectivity index (χ1) is 38.6. The lowest BCUT2D eigenvalue weighted by Gasteiger charge is -2.41. The summed E-state index contributed by atoms with van der Waals surface area (Å²) < 4.78 is 43.0. The van der Waals surface area contributed by atoms with Gasteiger partial charge in [-0.2, -0.15) is 11.8 Å². The number of primary amides is 1. The number of hydrogen-bond donors (Lipinski definition) is 6. The first-order valence-electron chi connectivity index (χ1n) is 26.9. The number of esters is 2. The van der Waals surface area contributed by atoms with E-state index < -0.39 is 143 Å². The predicted molar refractivity (Wildman–Crippen MR) is 304 cm³/mol. The molecule has 83 heavy (non-hydrogen) atoms. The molecule has 7 N–H and O–H groups in total. The fraction of sp³-hybridized carbons (Fsp3) is 0.500. The summed E-state index contributed by atoms with van der Waals surface area (Å²) >= 11 is 1.11. The maximum absolute atomic E-state index is 15.5. The van der Waals surface area contributed by atoms with Gasteiger partial charge in [-0.3, -0.25) is 52.8 Å². The van der Waals surface area contributed by atoms with Crippen molar-refractivity contribution in [3.05, 3.63) is 95.8 Å². The van der Waals surface area contributed by atoms with E-state index in [1.54, 1.807) is 58.7 Å². The van der Waals surface area contributed by atoms with Gasteiger partial charge in [-0.25, -0.2) is 13.6 Å². The Labute approximate surface area is 486 Å². The molecule has 0 radical (unpaired) electrons. The van der Waals surface area contributed by atoms with E-state index in [1.165, 1.54) is 13.8 Å². The third-order valence-corrected chi connectivity index (χ3v) is 13.2. The van der Waals surface area contributed by atoms with E-state index in [-0.39, 0.29) is 49.5 Å². The first kappa shape index (κ1) is 67.5. The molecule has 5 atom stereocenters. The average Bonchev–Trinajstić information content (AvgIpc) is 3.86. The molecule has 4 rings (SSSR count). The number of carbonyl (C=O) groups excluding carboxylic acids is 11. The SMILES string of the molecule is CC(NC(=O)CN1C(=O)C=CC1=O)C(=O)NC(C)C(=O)NC(CC(N)=O)C(=O)NCCCN(C(=O)CSCCC(=O)NC(CC(=O)OC(C)(C)C)C(=O)OC(C)(C)C)C(c1cc(-c2cc(F)ccc2F)cn1Cc1ccccc1)C(C)(C)C. The third kappa shape index (κ3) is 22.0. The number of aromatic nitrogens is 1. The second-order valence-electron chi connectivity index (χ2n) is 23.0. The molecule has 22 nitrogen and oxygen atoms in total. The predicted octanol–water partition coefficient (Wildman–Crippen LogP) is 3.88. The molecule has 9 amide bonds. The van der Waals surface area contributed by atoms with Crippen LogP contribution in [0.2, 0.25) is 0 Å². The minimum absolute atomic E-state index is 0.0155. The molecule has 5 unspecified atom stereocenters. The lowest BCUT2D eigenvalue weighted by atomic mass is 9.83. The molecule has 0 saturated carbocycles. The van der Waals surface area contributed by atoms with E-state index in [1.807, 2.05) is 55.7 Å². The van der Waals surface area contributed by atoms with E-state index >= 15 is 4.39 Å². The number of nitrogens with zero attached hydrogens (tertiary/aromatic N) is 3. The van der Waals surface area contributed by atoms with Crippen LogP contribution in [0.25, 0.3) is 11.1 Å². The van der Waals surface area contributed by atoms with Crippen molar-refractivity contribution >= 4 is 76.9 Å². The lowest BCUT2D eigenvalue weighted by molar-refractivity contribution is -0.165. The first-order valence-corrected chi connectivity index (χ1v) is 28.1. The number of imide groups is 1. The monoisotopic (exact) mass is 1180 g/mol. The van der Waals surface area contributed by atoms with Gasteiger partial charge >= 0.3 is 11.9 Å². The highest BCUT2D eigenvalue weighted by Crippen LogP contribution is 2.41. The van der Waals surface area contributed by atoms with Crippen molar-refractivity contribution in [1.82, 2.24) is 41.0 Å². The Balaban J connectivity index is 1.56. The van der Waals surface area contributed by atoms with Crippen LogP contribution in [0, 0.1) is 17.0 Å². The van der Waals surface area contributed by atoms with Crippen LogP contribution in [0.15, 0.2) is 72.9 Å². The third-order valence-electron chi connectivity index (χ3n) is 12.3. The van der Waals surface area contributed by atoms with Crippen molar-refractivity contribution < 1.29 is 71.0 Å². The van der Waals surface area contributed by atoms with Crippen LogP contribution in [0.4, 0.5) is 8.78 Å². The highest BCUT2D eigenvalue weighted by molar-refractivity contribution is 7.99. The molecule has 0 bridgehead atoms. The van der Waals surface area contributed by atoms with Gasteiger partial charge in [-0.05, 0) is 97.1 Å². The molecule has 2 aromatic carbocycles. The van der Waals surface area contributed by atoms with Crippen LogP contribution in [-0.2, 0) is 68.8 Å². The maximum atomic E-state index is 15.5. The van der Waals surface area contributed by atoms with Crippen molar-refractivity contribution in [2.45, 2.75) is 150 Å². The number of thioether (sulfide) groups is 1. The Morgan fingerprint density at radius 3 is 1.94 bits per heavy atom. The van der Waals surface area contributed by atoms with Crippen molar-refractivity contribution in [3.8, 4) is 11.1 Å².